The third kappa shape index (κ3) is 2.98. The molecule has 5 nitrogen and oxygen atoms in total. The molecule has 0 aromatic carbocycles. The largest absolute Gasteiger partial charge is 0.388 e. The fraction of sp³-hybridized carbons (Fsp3) is 0.538. The highest BCUT2D eigenvalue weighted by molar-refractivity contribution is 5.44. The number of aromatic nitrogens is 3. The van der Waals surface area contributed by atoms with Crippen molar-refractivity contribution in [2.45, 2.75) is 39.2 Å². The van der Waals surface area contributed by atoms with Crippen LogP contribution in [-0.4, -0.2) is 31.9 Å². The third-order valence-corrected chi connectivity index (χ3v) is 2.89. The zero-order valence-electron chi connectivity index (χ0n) is 11.1. The van der Waals surface area contributed by atoms with E-state index < -0.39 is 5.60 Å². The van der Waals surface area contributed by atoms with Crippen LogP contribution in [0.2, 0.25) is 0 Å². The van der Waals surface area contributed by atoms with Gasteiger partial charge in [0.25, 0.3) is 0 Å². The molecule has 2 N–H and O–H groups in total. The Kier molecular flexibility index (Phi) is 3.52. The summed E-state index contributed by atoms with van der Waals surface area (Å²) in [5, 5.41) is 17.5. The lowest BCUT2D eigenvalue weighted by Crippen LogP contribution is -2.33. The van der Waals surface area contributed by atoms with Gasteiger partial charge in [-0.15, -0.1) is 5.10 Å². The molecule has 0 fully saturated rings. The number of rotatable bonds is 5. The average Bonchev–Trinajstić information content (AvgIpc) is 2.68. The fourth-order valence-electron chi connectivity index (χ4n) is 1.96. The second kappa shape index (κ2) is 4.94. The lowest BCUT2D eigenvalue weighted by Gasteiger charge is -2.22. The minimum absolute atomic E-state index is 0.455. The highest BCUT2D eigenvalue weighted by Crippen LogP contribution is 2.13. The van der Waals surface area contributed by atoms with Gasteiger partial charge in [0, 0.05) is 12.7 Å². The van der Waals surface area contributed by atoms with Crippen molar-refractivity contribution in [2.75, 3.05) is 11.9 Å². The molecule has 2 aromatic heterocycles. The first kappa shape index (κ1) is 12.8. The summed E-state index contributed by atoms with van der Waals surface area (Å²) >= 11 is 0. The molecule has 2 rings (SSSR count). The minimum atomic E-state index is -0.720. The van der Waals surface area contributed by atoms with Crippen LogP contribution >= 0.6 is 0 Å². The molecule has 5 heteroatoms. The van der Waals surface area contributed by atoms with E-state index in [1.165, 1.54) is 0 Å². The van der Waals surface area contributed by atoms with Crippen molar-refractivity contribution < 1.29 is 5.11 Å². The maximum Gasteiger partial charge on any atom is 0.243 e. The molecule has 0 aliphatic carbocycles. The predicted molar refractivity (Wildman–Crippen MR) is 71.7 cm³/mol. The Labute approximate surface area is 107 Å². The van der Waals surface area contributed by atoms with E-state index in [0.29, 0.717) is 12.5 Å². The van der Waals surface area contributed by atoms with E-state index in [1.54, 1.807) is 4.52 Å². The summed E-state index contributed by atoms with van der Waals surface area (Å²) < 4.78 is 1.74. The first-order valence-electron chi connectivity index (χ1n) is 6.29. The Morgan fingerprint density at radius 3 is 2.94 bits per heavy atom. The Morgan fingerprint density at radius 2 is 2.22 bits per heavy atom. The maximum absolute atomic E-state index is 10.1. The van der Waals surface area contributed by atoms with Crippen LogP contribution in [0.15, 0.2) is 18.3 Å². The molecule has 2 aromatic rings. The van der Waals surface area contributed by atoms with Crippen LogP contribution in [0.4, 0.5) is 5.95 Å². The molecule has 18 heavy (non-hydrogen) atoms. The van der Waals surface area contributed by atoms with Crippen molar-refractivity contribution in [3.63, 3.8) is 0 Å². The highest BCUT2D eigenvalue weighted by Gasteiger charge is 2.19. The standard InChI is InChI=1S/C13H20N4O/c1-4-7-13(3,18)9-14-12-15-11-6-5-10(2)8-17(11)16-12/h5-6,8,18H,4,7,9H2,1-3H3,(H,14,16). The Hall–Kier alpha value is -1.62. The van der Waals surface area contributed by atoms with E-state index in [0.717, 1.165) is 24.1 Å². The third-order valence-electron chi connectivity index (χ3n) is 2.89. The van der Waals surface area contributed by atoms with E-state index in [1.807, 2.05) is 32.2 Å². The average molecular weight is 248 g/mol. The number of pyridine rings is 1. The predicted octanol–water partition coefficient (Wildman–Crippen LogP) is 2.00. The van der Waals surface area contributed by atoms with E-state index in [9.17, 15) is 5.11 Å². The van der Waals surface area contributed by atoms with E-state index in [2.05, 4.69) is 22.3 Å². The molecular formula is C13H20N4O. The normalized spacial score (nSPS) is 14.7. The maximum atomic E-state index is 10.1. The van der Waals surface area contributed by atoms with E-state index in [-0.39, 0.29) is 0 Å². The summed E-state index contributed by atoms with van der Waals surface area (Å²) in [6.45, 7) is 6.35. The van der Waals surface area contributed by atoms with Crippen molar-refractivity contribution in [3.05, 3.63) is 23.9 Å². The second-order valence-corrected chi connectivity index (χ2v) is 5.05. The molecule has 1 unspecified atom stereocenters. The Bertz CT molecular complexity index is 533. The smallest absolute Gasteiger partial charge is 0.243 e. The summed E-state index contributed by atoms with van der Waals surface area (Å²) in [6.07, 6.45) is 3.64. The summed E-state index contributed by atoms with van der Waals surface area (Å²) in [6, 6.07) is 3.93. The van der Waals surface area contributed by atoms with Gasteiger partial charge >= 0.3 is 0 Å². The van der Waals surface area contributed by atoms with E-state index >= 15 is 0 Å². The van der Waals surface area contributed by atoms with E-state index in [4.69, 9.17) is 0 Å². The highest BCUT2D eigenvalue weighted by atomic mass is 16.3. The van der Waals surface area contributed by atoms with Gasteiger partial charge in [-0.3, -0.25) is 0 Å². The van der Waals surface area contributed by atoms with Crippen molar-refractivity contribution in [1.82, 2.24) is 14.6 Å². The Morgan fingerprint density at radius 1 is 1.44 bits per heavy atom. The van der Waals surface area contributed by atoms with Gasteiger partial charge in [0.2, 0.25) is 5.95 Å². The summed E-state index contributed by atoms with van der Waals surface area (Å²) in [5.41, 5.74) is 1.22. The molecular weight excluding hydrogens is 228 g/mol. The number of aryl methyl sites for hydroxylation is 1. The van der Waals surface area contributed by atoms with Gasteiger partial charge in [-0.05, 0) is 31.9 Å². The monoisotopic (exact) mass is 248 g/mol. The van der Waals surface area contributed by atoms with Gasteiger partial charge in [-0.25, -0.2) is 4.52 Å². The molecule has 0 spiro atoms. The van der Waals surface area contributed by atoms with Gasteiger partial charge in [0.1, 0.15) is 0 Å². The molecule has 0 saturated heterocycles. The summed E-state index contributed by atoms with van der Waals surface area (Å²) in [7, 11) is 0. The topological polar surface area (TPSA) is 62.5 Å². The number of hydrogen-bond donors (Lipinski definition) is 2. The van der Waals surface area contributed by atoms with Crippen LogP contribution in [-0.2, 0) is 0 Å². The van der Waals surface area contributed by atoms with Gasteiger partial charge < -0.3 is 10.4 Å². The fourth-order valence-corrected chi connectivity index (χ4v) is 1.96. The van der Waals surface area contributed by atoms with Crippen LogP contribution in [0.1, 0.15) is 32.3 Å². The van der Waals surface area contributed by atoms with Crippen LogP contribution in [0.25, 0.3) is 5.65 Å². The molecule has 98 valence electrons. The Balaban J connectivity index is 2.08. The molecule has 0 radical (unpaired) electrons. The van der Waals surface area contributed by atoms with Gasteiger partial charge in [-0.1, -0.05) is 19.4 Å². The molecule has 1 atom stereocenters. The number of fused-ring (bicyclic) bond motifs is 1. The van der Waals surface area contributed by atoms with Crippen molar-refractivity contribution in [1.29, 1.82) is 0 Å². The van der Waals surface area contributed by atoms with Crippen LogP contribution < -0.4 is 5.32 Å². The van der Waals surface area contributed by atoms with Gasteiger partial charge in [-0.2, -0.15) is 4.98 Å². The second-order valence-electron chi connectivity index (χ2n) is 5.05. The molecule has 0 saturated carbocycles. The summed E-state index contributed by atoms with van der Waals surface area (Å²) in [4.78, 5) is 4.35. The van der Waals surface area contributed by atoms with Crippen molar-refractivity contribution in [3.8, 4) is 0 Å². The lowest BCUT2D eigenvalue weighted by molar-refractivity contribution is 0.0635. The SMILES string of the molecule is CCCC(C)(O)CNc1nc2ccc(C)cn2n1. The molecule has 0 amide bonds. The van der Waals surface area contributed by atoms with Crippen molar-refractivity contribution >= 4 is 11.6 Å². The summed E-state index contributed by atoms with van der Waals surface area (Å²) in [5.74, 6) is 0.553. The first-order chi connectivity index (χ1) is 8.50. The van der Waals surface area contributed by atoms with Crippen molar-refractivity contribution in [2.24, 2.45) is 0 Å². The number of hydrogen-bond acceptors (Lipinski definition) is 4. The minimum Gasteiger partial charge on any atom is -0.388 e. The zero-order valence-corrected chi connectivity index (χ0v) is 11.1. The quantitative estimate of drug-likeness (QED) is 0.849. The van der Waals surface area contributed by atoms with Crippen LogP contribution in [0, 0.1) is 6.92 Å². The number of nitrogens with zero attached hydrogens (tertiary/aromatic N) is 3. The molecule has 0 aliphatic rings. The van der Waals surface area contributed by atoms with Gasteiger partial charge in [0.15, 0.2) is 5.65 Å². The lowest BCUT2D eigenvalue weighted by atomic mass is 10.0. The zero-order chi connectivity index (χ0) is 13.2. The number of nitrogens with one attached hydrogen (secondary N) is 1. The van der Waals surface area contributed by atoms with Crippen LogP contribution in [0.5, 0.6) is 0 Å². The number of aliphatic hydroxyl groups is 1. The molecule has 0 bridgehead atoms. The van der Waals surface area contributed by atoms with Crippen LogP contribution in [0.3, 0.4) is 0 Å². The number of anilines is 1. The first-order valence-corrected chi connectivity index (χ1v) is 6.29. The molecule has 2 heterocycles. The molecule has 0 aliphatic heterocycles. The van der Waals surface area contributed by atoms with Gasteiger partial charge in [0.05, 0.1) is 5.60 Å².